The molecule has 0 bridgehead atoms. The van der Waals surface area contributed by atoms with E-state index >= 15 is 0 Å². The third kappa shape index (κ3) is 3.53. The third-order valence-electron chi connectivity index (χ3n) is 6.73. The van der Waals surface area contributed by atoms with Crippen molar-refractivity contribution in [2.75, 3.05) is 25.1 Å². The number of aryl methyl sites for hydroxylation is 1. The molecule has 1 aliphatic heterocycles. The Kier molecular flexibility index (Phi) is 5.60. The molecule has 2 aliphatic rings. The second kappa shape index (κ2) is 8.02. The highest BCUT2D eigenvalue weighted by Crippen LogP contribution is 2.57. The first-order valence-electron chi connectivity index (χ1n) is 10.6. The van der Waals surface area contributed by atoms with Crippen molar-refractivity contribution < 1.29 is 27.5 Å². The number of methoxy groups -OCH3 is 2. The Bertz CT molecular complexity index is 1220. The first-order chi connectivity index (χ1) is 15.6. The van der Waals surface area contributed by atoms with E-state index in [4.69, 9.17) is 9.47 Å². The molecule has 1 heterocycles. The Hall–Kier alpha value is -3.13. The molecular weight excluding hydrogens is 442 g/mol. The number of fused-ring (bicyclic) bond motifs is 2. The predicted molar refractivity (Wildman–Crippen MR) is 123 cm³/mol. The van der Waals surface area contributed by atoms with Crippen LogP contribution in [-0.2, 0) is 34.5 Å². The Morgan fingerprint density at radius 2 is 1.58 bits per heavy atom. The standard InChI is InChI=1S/C25H27NO6S/c1-17-9-11-19(12-10-17)33(29,30)26-16-24(20-7-5-6-8-21(20)26)13-18(2)14-25(15-24,22(27)31-3)23(28)32-4/h5-12H,2,13-16H2,1,3-4H3. The summed E-state index contributed by atoms with van der Waals surface area (Å²) in [5.41, 5.74) is 0.509. The van der Waals surface area contributed by atoms with Gasteiger partial charge < -0.3 is 9.47 Å². The highest BCUT2D eigenvalue weighted by molar-refractivity contribution is 7.92. The number of carbonyl (C=O) groups excluding carboxylic acids is 2. The van der Waals surface area contributed by atoms with Gasteiger partial charge in [0.05, 0.1) is 24.8 Å². The lowest BCUT2D eigenvalue weighted by Crippen LogP contribution is -2.52. The summed E-state index contributed by atoms with van der Waals surface area (Å²) < 4.78 is 38.8. The van der Waals surface area contributed by atoms with Crippen molar-refractivity contribution in [2.24, 2.45) is 5.41 Å². The number of sulfonamides is 1. The van der Waals surface area contributed by atoms with Gasteiger partial charge in [0.1, 0.15) is 0 Å². The van der Waals surface area contributed by atoms with Gasteiger partial charge in [0.25, 0.3) is 10.0 Å². The summed E-state index contributed by atoms with van der Waals surface area (Å²) in [4.78, 5) is 26.0. The molecule has 0 aromatic heterocycles. The smallest absolute Gasteiger partial charge is 0.323 e. The van der Waals surface area contributed by atoms with Crippen molar-refractivity contribution in [1.82, 2.24) is 0 Å². The summed E-state index contributed by atoms with van der Waals surface area (Å²) in [6.45, 7) is 6.08. The largest absolute Gasteiger partial charge is 0.468 e. The van der Waals surface area contributed by atoms with Crippen LogP contribution >= 0.6 is 0 Å². The van der Waals surface area contributed by atoms with Crippen molar-refractivity contribution in [2.45, 2.75) is 36.5 Å². The minimum Gasteiger partial charge on any atom is -0.468 e. The van der Waals surface area contributed by atoms with Crippen molar-refractivity contribution in [3.8, 4) is 0 Å². The first-order valence-corrected chi connectivity index (χ1v) is 12.1. The van der Waals surface area contributed by atoms with Crippen LogP contribution in [-0.4, -0.2) is 41.1 Å². The Balaban J connectivity index is 1.86. The minimum atomic E-state index is -3.88. The second-order valence-corrected chi connectivity index (χ2v) is 10.8. The van der Waals surface area contributed by atoms with E-state index in [1.54, 1.807) is 36.4 Å². The van der Waals surface area contributed by atoms with Crippen LogP contribution in [0.1, 0.15) is 30.4 Å². The molecule has 0 radical (unpaired) electrons. The molecule has 0 amide bonds. The normalized spacial score (nSPS) is 21.5. The molecule has 1 atom stereocenters. The van der Waals surface area contributed by atoms with Crippen LogP contribution in [0, 0.1) is 12.3 Å². The van der Waals surface area contributed by atoms with Crippen LogP contribution in [0.15, 0.2) is 65.6 Å². The maximum Gasteiger partial charge on any atom is 0.323 e. The van der Waals surface area contributed by atoms with Crippen LogP contribution < -0.4 is 4.31 Å². The van der Waals surface area contributed by atoms with Gasteiger partial charge in [-0.3, -0.25) is 13.9 Å². The van der Waals surface area contributed by atoms with Gasteiger partial charge >= 0.3 is 11.9 Å². The third-order valence-corrected chi connectivity index (χ3v) is 8.51. The Morgan fingerprint density at radius 3 is 2.18 bits per heavy atom. The lowest BCUT2D eigenvalue weighted by atomic mass is 9.58. The summed E-state index contributed by atoms with van der Waals surface area (Å²) in [6, 6.07) is 13.9. The minimum absolute atomic E-state index is 0.0648. The molecule has 0 N–H and O–H groups in total. The SMILES string of the molecule is C=C1CC(C(=O)OC)(C(=O)OC)CC2(C1)CN(S(=O)(=O)c1ccc(C)cc1)c1ccccc12. The number of esters is 2. The van der Waals surface area contributed by atoms with Gasteiger partial charge in [0.2, 0.25) is 0 Å². The zero-order valence-corrected chi connectivity index (χ0v) is 19.8. The van der Waals surface area contributed by atoms with Gasteiger partial charge in [-0.2, -0.15) is 0 Å². The van der Waals surface area contributed by atoms with E-state index in [2.05, 4.69) is 6.58 Å². The van der Waals surface area contributed by atoms with Crippen LogP contribution in [0.2, 0.25) is 0 Å². The van der Waals surface area contributed by atoms with Gasteiger partial charge in [0, 0.05) is 12.0 Å². The monoisotopic (exact) mass is 469 g/mol. The lowest BCUT2D eigenvalue weighted by Gasteiger charge is -2.44. The number of benzene rings is 2. The summed E-state index contributed by atoms with van der Waals surface area (Å²) >= 11 is 0. The van der Waals surface area contributed by atoms with E-state index in [9.17, 15) is 18.0 Å². The number of anilines is 1. The van der Waals surface area contributed by atoms with E-state index < -0.39 is 32.8 Å². The van der Waals surface area contributed by atoms with Crippen LogP contribution in [0.3, 0.4) is 0 Å². The van der Waals surface area contributed by atoms with E-state index in [-0.39, 0.29) is 24.3 Å². The number of hydrogen-bond acceptors (Lipinski definition) is 6. The van der Waals surface area contributed by atoms with Crippen molar-refractivity contribution in [3.63, 3.8) is 0 Å². The molecule has 1 unspecified atom stereocenters. The summed E-state index contributed by atoms with van der Waals surface area (Å²) in [5.74, 6) is -1.40. The highest BCUT2D eigenvalue weighted by Gasteiger charge is 2.60. The number of carbonyl (C=O) groups is 2. The molecule has 2 aromatic carbocycles. The molecule has 7 nitrogen and oxygen atoms in total. The molecule has 33 heavy (non-hydrogen) atoms. The molecule has 1 saturated carbocycles. The number of ether oxygens (including phenoxy) is 2. The van der Waals surface area contributed by atoms with Crippen molar-refractivity contribution in [3.05, 3.63) is 71.8 Å². The van der Waals surface area contributed by atoms with E-state index in [0.717, 1.165) is 11.1 Å². The number of para-hydroxylation sites is 1. The molecule has 8 heteroatoms. The summed E-state index contributed by atoms with van der Waals surface area (Å²) in [7, 11) is -1.42. The van der Waals surface area contributed by atoms with E-state index in [1.807, 2.05) is 19.1 Å². The molecule has 1 aliphatic carbocycles. The average Bonchev–Trinajstić information content (AvgIpc) is 3.11. The van der Waals surface area contributed by atoms with Gasteiger partial charge in [-0.25, -0.2) is 8.42 Å². The first kappa shape index (κ1) is 23.0. The van der Waals surface area contributed by atoms with Crippen LogP contribution in [0.4, 0.5) is 5.69 Å². The Labute approximate surface area is 194 Å². The fraction of sp³-hybridized carbons (Fsp3) is 0.360. The average molecular weight is 470 g/mol. The maximum atomic E-state index is 13.7. The summed E-state index contributed by atoms with van der Waals surface area (Å²) in [6.07, 6.45) is 0.607. The zero-order valence-electron chi connectivity index (χ0n) is 19.0. The topological polar surface area (TPSA) is 90.0 Å². The predicted octanol–water partition coefficient (Wildman–Crippen LogP) is 3.51. The Morgan fingerprint density at radius 1 is 0.970 bits per heavy atom. The van der Waals surface area contributed by atoms with Gasteiger partial charge in [0.15, 0.2) is 5.41 Å². The van der Waals surface area contributed by atoms with E-state index in [0.29, 0.717) is 17.7 Å². The number of rotatable bonds is 4. The number of allylic oxidation sites excluding steroid dienone is 1. The van der Waals surface area contributed by atoms with E-state index in [1.165, 1.54) is 18.5 Å². The fourth-order valence-electron chi connectivity index (χ4n) is 5.37. The zero-order chi connectivity index (χ0) is 24.0. The fourth-order valence-corrected chi connectivity index (χ4v) is 6.94. The molecule has 2 aromatic rings. The molecule has 0 saturated heterocycles. The van der Waals surface area contributed by atoms with Crippen LogP contribution in [0.25, 0.3) is 0 Å². The molecule has 1 fully saturated rings. The quantitative estimate of drug-likeness (QED) is 0.387. The van der Waals surface area contributed by atoms with Crippen molar-refractivity contribution >= 4 is 27.6 Å². The van der Waals surface area contributed by atoms with Gasteiger partial charge in [-0.05, 0) is 49.9 Å². The second-order valence-electron chi connectivity index (χ2n) is 8.97. The lowest BCUT2D eigenvalue weighted by molar-refractivity contribution is -0.172. The van der Waals surface area contributed by atoms with Crippen molar-refractivity contribution in [1.29, 1.82) is 0 Å². The molecule has 174 valence electrons. The summed E-state index contributed by atoms with van der Waals surface area (Å²) in [5, 5.41) is 0. The number of nitrogens with zero attached hydrogens (tertiary/aromatic N) is 1. The highest BCUT2D eigenvalue weighted by atomic mass is 32.2. The van der Waals surface area contributed by atoms with Gasteiger partial charge in [-0.15, -0.1) is 0 Å². The van der Waals surface area contributed by atoms with Crippen LogP contribution in [0.5, 0.6) is 0 Å². The molecule has 1 spiro atoms. The molecule has 4 rings (SSSR count). The molecular formula is C25H27NO6S. The van der Waals surface area contributed by atoms with Gasteiger partial charge in [-0.1, -0.05) is 48.0 Å². The maximum absolute atomic E-state index is 13.7. The number of hydrogen-bond donors (Lipinski definition) is 0.